The lowest BCUT2D eigenvalue weighted by Crippen LogP contribution is -2.47. The largest absolute Gasteiger partial charge is 0.475 e. The van der Waals surface area contributed by atoms with Crippen molar-refractivity contribution in [1.82, 2.24) is 5.32 Å². The van der Waals surface area contributed by atoms with Crippen LogP contribution in [0.3, 0.4) is 0 Å². The molecule has 30 heavy (non-hydrogen) atoms. The number of rotatable bonds is 5. The minimum Gasteiger partial charge on any atom is -0.475 e. The fourth-order valence-corrected chi connectivity index (χ4v) is 2.96. The SMILES string of the molecule is CNC(=O)c1cccc(NC(=O)COC(=O)[C@H]2CN(C(C)=O)c3ccccc3O2)c1. The quantitative estimate of drug-likeness (QED) is 0.718. The topological polar surface area (TPSA) is 114 Å². The highest BCUT2D eigenvalue weighted by molar-refractivity contribution is 5.98. The van der Waals surface area contributed by atoms with Gasteiger partial charge in [0.05, 0.1) is 12.2 Å². The van der Waals surface area contributed by atoms with Crippen molar-refractivity contribution in [1.29, 1.82) is 0 Å². The maximum absolute atomic E-state index is 12.4. The minimum atomic E-state index is -1.05. The lowest BCUT2D eigenvalue weighted by Gasteiger charge is -2.33. The molecule has 1 heterocycles. The van der Waals surface area contributed by atoms with E-state index in [0.29, 0.717) is 22.7 Å². The van der Waals surface area contributed by atoms with Crippen molar-refractivity contribution in [2.75, 3.05) is 30.4 Å². The maximum Gasteiger partial charge on any atom is 0.349 e. The molecule has 2 aromatic rings. The van der Waals surface area contributed by atoms with Crippen molar-refractivity contribution in [2.24, 2.45) is 0 Å². The van der Waals surface area contributed by atoms with Crippen LogP contribution in [-0.4, -0.2) is 50.0 Å². The molecule has 1 atom stereocenters. The molecule has 9 nitrogen and oxygen atoms in total. The van der Waals surface area contributed by atoms with Crippen LogP contribution < -0.4 is 20.3 Å². The van der Waals surface area contributed by atoms with Gasteiger partial charge in [0.1, 0.15) is 5.75 Å². The Kier molecular flexibility index (Phi) is 6.31. The average molecular weight is 411 g/mol. The Balaban J connectivity index is 1.59. The van der Waals surface area contributed by atoms with Crippen molar-refractivity contribution in [3.63, 3.8) is 0 Å². The number of ether oxygens (including phenoxy) is 2. The molecular weight excluding hydrogens is 390 g/mol. The van der Waals surface area contributed by atoms with Gasteiger partial charge in [0, 0.05) is 25.2 Å². The molecule has 3 amide bonds. The number of benzene rings is 2. The fraction of sp³-hybridized carbons (Fsp3) is 0.238. The summed E-state index contributed by atoms with van der Waals surface area (Å²) in [4.78, 5) is 49.5. The zero-order chi connectivity index (χ0) is 21.7. The number of hydrogen-bond donors (Lipinski definition) is 2. The van der Waals surface area contributed by atoms with E-state index < -0.39 is 24.6 Å². The predicted molar refractivity (Wildman–Crippen MR) is 108 cm³/mol. The fourth-order valence-electron chi connectivity index (χ4n) is 2.96. The Hall–Kier alpha value is -3.88. The number of esters is 1. The first-order valence-corrected chi connectivity index (χ1v) is 9.21. The van der Waals surface area contributed by atoms with Gasteiger partial charge in [0.2, 0.25) is 12.0 Å². The van der Waals surface area contributed by atoms with Crippen molar-refractivity contribution >= 4 is 35.1 Å². The predicted octanol–water partition coefficient (Wildman–Crippen LogP) is 1.34. The third kappa shape index (κ3) is 4.75. The summed E-state index contributed by atoms with van der Waals surface area (Å²) in [6.45, 7) is 0.844. The molecule has 3 rings (SSSR count). The van der Waals surface area contributed by atoms with Crippen molar-refractivity contribution in [2.45, 2.75) is 13.0 Å². The summed E-state index contributed by atoms with van der Waals surface area (Å²) < 4.78 is 10.7. The molecule has 0 saturated heterocycles. The van der Waals surface area contributed by atoms with Gasteiger partial charge in [0.15, 0.2) is 6.61 Å². The average Bonchev–Trinajstić information content (AvgIpc) is 2.76. The Labute approximate surface area is 172 Å². The van der Waals surface area contributed by atoms with Crippen LogP contribution in [0.15, 0.2) is 48.5 Å². The number of anilines is 2. The van der Waals surface area contributed by atoms with Crippen LogP contribution in [0.5, 0.6) is 5.75 Å². The Morgan fingerprint density at radius 3 is 2.63 bits per heavy atom. The highest BCUT2D eigenvalue weighted by Crippen LogP contribution is 2.33. The molecule has 0 fully saturated rings. The number of hydrogen-bond acceptors (Lipinski definition) is 6. The lowest BCUT2D eigenvalue weighted by molar-refractivity contribution is -0.154. The molecule has 1 aliphatic rings. The summed E-state index contributed by atoms with van der Waals surface area (Å²) in [5.41, 5.74) is 1.34. The summed E-state index contributed by atoms with van der Waals surface area (Å²) in [7, 11) is 1.51. The summed E-state index contributed by atoms with van der Waals surface area (Å²) in [6, 6.07) is 13.2. The van der Waals surface area contributed by atoms with Crippen molar-refractivity contribution < 1.29 is 28.7 Å². The molecule has 0 saturated carbocycles. The molecule has 0 bridgehead atoms. The zero-order valence-corrected chi connectivity index (χ0v) is 16.5. The number of nitrogens with one attached hydrogen (secondary N) is 2. The number of nitrogens with zero attached hydrogens (tertiary/aromatic N) is 1. The van der Waals surface area contributed by atoms with Crippen LogP contribution in [-0.2, 0) is 19.1 Å². The number of fused-ring (bicyclic) bond motifs is 1. The Morgan fingerprint density at radius 2 is 1.90 bits per heavy atom. The van der Waals surface area contributed by atoms with Gasteiger partial charge in [-0.3, -0.25) is 14.4 Å². The third-order valence-corrected chi connectivity index (χ3v) is 4.40. The molecule has 0 radical (unpaired) electrons. The zero-order valence-electron chi connectivity index (χ0n) is 16.5. The van der Waals surface area contributed by atoms with E-state index in [0.717, 1.165) is 0 Å². The number of carbonyl (C=O) groups is 4. The van der Waals surface area contributed by atoms with Crippen LogP contribution in [0.1, 0.15) is 17.3 Å². The van der Waals surface area contributed by atoms with Gasteiger partial charge in [-0.2, -0.15) is 0 Å². The molecule has 0 spiro atoms. The maximum atomic E-state index is 12.4. The van der Waals surface area contributed by atoms with Crippen molar-refractivity contribution in [3.8, 4) is 5.75 Å². The number of amides is 3. The second kappa shape index (κ2) is 9.08. The van der Waals surface area contributed by atoms with Gasteiger partial charge < -0.3 is 25.0 Å². The molecule has 2 N–H and O–H groups in total. The summed E-state index contributed by atoms with van der Waals surface area (Å²) in [6.07, 6.45) is -1.05. The van der Waals surface area contributed by atoms with E-state index in [1.165, 1.54) is 24.9 Å². The summed E-state index contributed by atoms with van der Waals surface area (Å²) in [5, 5.41) is 5.05. The molecule has 0 aromatic heterocycles. The van der Waals surface area contributed by atoms with Gasteiger partial charge >= 0.3 is 5.97 Å². The second-order valence-electron chi connectivity index (χ2n) is 6.52. The van der Waals surface area contributed by atoms with E-state index in [-0.39, 0.29) is 18.4 Å². The summed E-state index contributed by atoms with van der Waals surface area (Å²) in [5.74, 6) is -1.47. The van der Waals surface area contributed by atoms with Gasteiger partial charge in [0.25, 0.3) is 11.8 Å². The lowest BCUT2D eigenvalue weighted by atomic mass is 10.2. The van der Waals surface area contributed by atoms with E-state index >= 15 is 0 Å². The highest BCUT2D eigenvalue weighted by Gasteiger charge is 2.33. The summed E-state index contributed by atoms with van der Waals surface area (Å²) >= 11 is 0. The molecule has 156 valence electrons. The first-order valence-electron chi connectivity index (χ1n) is 9.21. The molecule has 0 unspecified atom stereocenters. The molecular formula is C21H21N3O6. The minimum absolute atomic E-state index is 0.0129. The Morgan fingerprint density at radius 1 is 1.13 bits per heavy atom. The third-order valence-electron chi connectivity index (χ3n) is 4.40. The van der Waals surface area contributed by atoms with Crippen LogP contribution in [0.4, 0.5) is 11.4 Å². The van der Waals surface area contributed by atoms with Gasteiger partial charge in [-0.05, 0) is 30.3 Å². The van der Waals surface area contributed by atoms with Gasteiger partial charge in [-0.15, -0.1) is 0 Å². The van der Waals surface area contributed by atoms with Crippen molar-refractivity contribution in [3.05, 3.63) is 54.1 Å². The molecule has 2 aromatic carbocycles. The normalized spacial score (nSPS) is 14.7. The monoisotopic (exact) mass is 411 g/mol. The van der Waals surface area contributed by atoms with E-state index in [4.69, 9.17) is 9.47 Å². The number of para-hydroxylation sites is 2. The van der Waals surface area contributed by atoms with Gasteiger partial charge in [-0.1, -0.05) is 18.2 Å². The molecule has 1 aliphatic heterocycles. The molecule has 9 heteroatoms. The first-order chi connectivity index (χ1) is 14.4. The van der Waals surface area contributed by atoms with E-state index in [1.54, 1.807) is 42.5 Å². The van der Waals surface area contributed by atoms with Crippen LogP contribution in [0.2, 0.25) is 0 Å². The van der Waals surface area contributed by atoms with Crippen LogP contribution >= 0.6 is 0 Å². The van der Waals surface area contributed by atoms with Gasteiger partial charge in [-0.25, -0.2) is 4.79 Å². The molecule has 0 aliphatic carbocycles. The van der Waals surface area contributed by atoms with Crippen LogP contribution in [0, 0.1) is 0 Å². The highest BCUT2D eigenvalue weighted by atomic mass is 16.6. The number of carbonyl (C=O) groups excluding carboxylic acids is 4. The standard InChI is InChI=1S/C21H21N3O6/c1-13(25)24-11-18(30-17-9-4-3-8-16(17)24)21(28)29-12-19(26)23-15-7-5-6-14(10-15)20(27)22-2/h3-10,18H,11-12H2,1-2H3,(H,22,27)(H,23,26)/t18-/m1/s1. The smallest absolute Gasteiger partial charge is 0.349 e. The van der Waals surface area contributed by atoms with E-state index in [2.05, 4.69) is 10.6 Å². The van der Waals surface area contributed by atoms with E-state index in [9.17, 15) is 19.2 Å². The Bertz CT molecular complexity index is 990. The first kappa shape index (κ1) is 20.8. The second-order valence-corrected chi connectivity index (χ2v) is 6.52. The van der Waals surface area contributed by atoms with E-state index in [1.807, 2.05) is 0 Å². The van der Waals surface area contributed by atoms with Crippen LogP contribution in [0.25, 0.3) is 0 Å².